The SMILES string of the molecule is CC(C)N(CC(=O)NCCc1ccc(OC(F)F)cc1)Cc1ccccc1. The third-order valence-corrected chi connectivity index (χ3v) is 4.19. The smallest absolute Gasteiger partial charge is 0.387 e. The van der Waals surface area contributed by atoms with Crippen molar-refractivity contribution >= 4 is 5.91 Å². The van der Waals surface area contributed by atoms with Crippen molar-refractivity contribution in [3.05, 3.63) is 65.7 Å². The van der Waals surface area contributed by atoms with E-state index in [1.165, 1.54) is 17.7 Å². The van der Waals surface area contributed by atoms with Gasteiger partial charge in [-0.1, -0.05) is 42.5 Å². The molecule has 0 radical (unpaired) electrons. The molecule has 4 nitrogen and oxygen atoms in total. The number of carbonyl (C=O) groups is 1. The van der Waals surface area contributed by atoms with Crippen molar-refractivity contribution in [3.63, 3.8) is 0 Å². The summed E-state index contributed by atoms with van der Waals surface area (Å²) < 4.78 is 28.6. The molecule has 6 heteroatoms. The highest BCUT2D eigenvalue weighted by Gasteiger charge is 2.14. The Morgan fingerprint density at radius 1 is 1.04 bits per heavy atom. The van der Waals surface area contributed by atoms with E-state index in [1.807, 2.05) is 18.2 Å². The molecule has 0 aliphatic heterocycles. The second-order valence-corrected chi connectivity index (χ2v) is 6.61. The van der Waals surface area contributed by atoms with Crippen molar-refractivity contribution in [2.75, 3.05) is 13.1 Å². The minimum absolute atomic E-state index is 0.0303. The van der Waals surface area contributed by atoms with E-state index in [1.54, 1.807) is 12.1 Å². The first-order valence-corrected chi connectivity index (χ1v) is 9.02. The lowest BCUT2D eigenvalue weighted by atomic mass is 10.1. The molecule has 1 N–H and O–H groups in total. The lowest BCUT2D eigenvalue weighted by Gasteiger charge is -2.26. The van der Waals surface area contributed by atoms with Gasteiger partial charge in [0.1, 0.15) is 5.75 Å². The maximum absolute atomic E-state index is 12.3. The van der Waals surface area contributed by atoms with Crippen molar-refractivity contribution in [1.29, 1.82) is 0 Å². The second-order valence-electron chi connectivity index (χ2n) is 6.61. The Kier molecular flexibility index (Phi) is 8.20. The summed E-state index contributed by atoms with van der Waals surface area (Å²) in [4.78, 5) is 14.4. The molecular formula is C21H26F2N2O2. The third kappa shape index (κ3) is 7.74. The molecular weight excluding hydrogens is 350 g/mol. The van der Waals surface area contributed by atoms with Crippen molar-refractivity contribution in [1.82, 2.24) is 10.2 Å². The summed E-state index contributed by atoms with van der Waals surface area (Å²) in [6.07, 6.45) is 0.626. The largest absolute Gasteiger partial charge is 0.435 e. The molecule has 0 fully saturated rings. The van der Waals surface area contributed by atoms with Gasteiger partial charge in [0.2, 0.25) is 5.91 Å². The van der Waals surface area contributed by atoms with Gasteiger partial charge < -0.3 is 10.1 Å². The molecule has 0 heterocycles. The van der Waals surface area contributed by atoms with Crippen LogP contribution in [0.25, 0.3) is 0 Å². The third-order valence-electron chi connectivity index (χ3n) is 4.19. The summed E-state index contributed by atoms with van der Waals surface area (Å²) in [5.41, 5.74) is 2.12. The Morgan fingerprint density at radius 2 is 1.70 bits per heavy atom. The fourth-order valence-corrected chi connectivity index (χ4v) is 2.66. The van der Waals surface area contributed by atoms with E-state index in [9.17, 15) is 13.6 Å². The highest BCUT2D eigenvalue weighted by Crippen LogP contribution is 2.15. The molecule has 0 aliphatic carbocycles. The Labute approximate surface area is 159 Å². The maximum atomic E-state index is 12.3. The van der Waals surface area contributed by atoms with Gasteiger partial charge in [0.25, 0.3) is 0 Å². The topological polar surface area (TPSA) is 41.6 Å². The van der Waals surface area contributed by atoms with E-state index in [-0.39, 0.29) is 17.7 Å². The first-order valence-electron chi connectivity index (χ1n) is 9.02. The van der Waals surface area contributed by atoms with Crippen LogP contribution < -0.4 is 10.1 Å². The number of rotatable bonds is 10. The summed E-state index contributed by atoms with van der Waals surface area (Å²) in [5, 5.41) is 2.92. The number of hydrogen-bond acceptors (Lipinski definition) is 3. The highest BCUT2D eigenvalue weighted by molar-refractivity contribution is 5.78. The van der Waals surface area contributed by atoms with Gasteiger partial charge in [0.15, 0.2) is 0 Å². The standard InChI is InChI=1S/C21H26F2N2O2/c1-16(2)25(14-18-6-4-3-5-7-18)15-20(26)24-13-12-17-8-10-19(11-9-17)27-21(22)23/h3-11,16,21H,12-15H2,1-2H3,(H,24,26). The van der Waals surface area contributed by atoms with E-state index in [0.717, 1.165) is 12.1 Å². The van der Waals surface area contributed by atoms with Crippen LogP contribution in [0.3, 0.4) is 0 Å². The fourth-order valence-electron chi connectivity index (χ4n) is 2.66. The molecule has 146 valence electrons. The van der Waals surface area contributed by atoms with Crippen LogP contribution in [0.4, 0.5) is 8.78 Å². The van der Waals surface area contributed by atoms with Crippen LogP contribution in [-0.4, -0.2) is 36.5 Å². The van der Waals surface area contributed by atoms with Gasteiger partial charge in [0, 0.05) is 19.1 Å². The molecule has 0 saturated heterocycles. The lowest BCUT2D eigenvalue weighted by molar-refractivity contribution is -0.122. The van der Waals surface area contributed by atoms with Crippen LogP contribution in [0.15, 0.2) is 54.6 Å². The Balaban J connectivity index is 1.77. The van der Waals surface area contributed by atoms with Crippen LogP contribution in [0.5, 0.6) is 5.75 Å². The number of nitrogens with one attached hydrogen (secondary N) is 1. The molecule has 0 aromatic heterocycles. The van der Waals surface area contributed by atoms with Gasteiger partial charge in [-0.3, -0.25) is 9.69 Å². The zero-order valence-corrected chi connectivity index (χ0v) is 15.7. The maximum Gasteiger partial charge on any atom is 0.387 e. The van der Waals surface area contributed by atoms with Crippen LogP contribution >= 0.6 is 0 Å². The summed E-state index contributed by atoms with van der Waals surface area (Å²) >= 11 is 0. The molecule has 0 bridgehead atoms. The van der Waals surface area contributed by atoms with Crippen LogP contribution in [0.1, 0.15) is 25.0 Å². The molecule has 0 unspecified atom stereocenters. The number of ether oxygens (including phenoxy) is 1. The number of hydrogen-bond donors (Lipinski definition) is 1. The molecule has 0 aliphatic rings. The fraction of sp³-hybridized carbons (Fsp3) is 0.381. The molecule has 2 rings (SSSR count). The van der Waals surface area contributed by atoms with E-state index >= 15 is 0 Å². The van der Waals surface area contributed by atoms with Crippen LogP contribution in [-0.2, 0) is 17.8 Å². The molecule has 0 atom stereocenters. The number of carbonyl (C=O) groups excluding carboxylic acids is 1. The van der Waals surface area contributed by atoms with Crippen molar-refractivity contribution in [2.24, 2.45) is 0 Å². The first-order chi connectivity index (χ1) is 12.9. The zero-order valence-electron chi connectivity index (χ0n) is 15.7. The van der Waals surface area contributed by atoms with Crippen molar-refractivity contribution in [2.45, 2.75) is 39.5 Å². The van der Waals surface area contributed by atoms with Gasteiger partial charge in [-0.05, 0) is 43.5 Å². The van der Waals surface area contributed by atoms with E-state index < -0.39 is 6.61 Å². The van der Waals surface area contributed by atoms with Gasteiger partial charge >= 0.3 is 6.61 Å². The first kappa shape index (κ1) is 20.8. The Hall–Kier alpha value is -2.47. The van der Waals surface area contributed by atoms with Crippen LogP contribution in [0, 0.1) is 0 Å². The van der Waals surface area contributed by atoms with Gasteiger partial charge in [-0.25, -0.2) is 0 Å². The van der Waals surface area contributed by atoms with E-state index in [0.29, 0.717) is 19.5 Å². The molecule has 0 saturated carbocycles. The lowest BCUT2D eigenvalue weighted by Crippen LogP contribution is -2.40. The number of benzene rings is 2. The summed E-state index contributed by atoms with van der Waals surface area (Å²) in [7, 11) is 0. The van der Waals surface area contributed by atoms with Crippen molar-refractivity contribution < 1.29 is 18.3 Å². The molecule has 0 spiro atoms. The Bertz CT molecular complexity index is 691. The average Bonchev–Trinajstić information content (AvgIpc) is 2.63. The summed E-state index contributed by atoms with van der Waals surface area (Å²) in [5.74, 6) is 0.101. The predicted molar refractivity (Wildman–Crippen MR) is 102 cm³/mol. The molecule has 2 aromatic carbocycles. The second kappa shape index (κ2) is 10.6. The zero-order chi connectivity index (χ0) is 19.6. The summed E-state index contributed by atoms with van der Waals surface area (Å²) in [6, 6.07) is 16.8. The van der Waals surface area contributed by atoms with Crippen LogP contribution in [0.2, 0.25) is 0 Å². The quantitative estimate of drug-likeness (QED) is 0.685. The van der Waals surface area contributed by atoms with E-state index in [2.05, 4.69) is 40.9 Å². The molecule has 27 heavy (non-hydrogen) atoms. The van der Waals surface area contributed by atoms with Gasteiger partial charge in [0.05, 0.1) is 6.54 Å². The minimum Gasteiger partial charge on any atom is -0.435 e. The summed E-state index contributed by atoms with van der Waals surface area (Å²) in [6.45, 7) is 2.85. The average molecular weight is 376 g/mol. The van der Waals surface area contributed by atoms with Gasteiger partial charge in [-0.2, -0.15) is 8.78 Å². The molecule has 1 amide bonds. The number of amides is 1. The highest BCUT2D eigenvalue weighted by atomic mass is 19.3. The normalized spacial score (nSPS) is 11.2. The number of halogens is 2. The predicted octanol–water partition coefficient (Wildman–Crippen LogP) is 3.86. The van der Waals surface area contributed by atoms with Crippen molar-refractivity contribution in [3.8, 4) is 5.75 Å². The number of nitrogens with zero attached hydrogens (tertiary/aromatic N) is 1. The Morgan fingerprint density at radius 3 is 2.30 bits per heavy atom. The van der Waals surface area contributed by atoms with E-state index in [4.69, 9.17) is 0 Å². The minimum atomic E-state index is -2.82. The molecule has 2 aromatic rings. The number of alkyl halides is 2. The monoisotopic (exact) mass is 376 g/mol. The van der Waals surface area contributed by atoms with Gasteiger partial charge in [-0.15, -0.1) is 0 Å².